The SMILES string of the molecule is O=C(O)c1noc(-c2cc(F)cc(Br)c2)n1. The molecule has 82 valence electrons. The molecular formula is C9H4BrFN2O3. The van der Waals surface area contributed by atoms with Crippen LogP contribution < -0.4 is 0 Å². The molecule has 0 bridgehead atoms. The smallest absolute Gasteiger partial charge is 0.377 e. The fourth-order valence-corrected chi connectivity index (χ4v) is 1.57. The third-order valence-electron chi connectivity index (χ3n) is 1.73. The molecule has 0 amide bonds. The van der Waals surface area contributed by atoms with Gasteiger partial charge in [0.05, 0.1) is 0 Å². The Bertz CT molecular complexity index is 535. The van der Waals surface area contributed by atoms with E-state index in [2.05, 4.69) is 26.1 Å². The van der Waals surface area contributed by atoms with E-state index >= 15 is 0 Å². The molecule has 1 N–H and O–H groups in total. The first kappa shape index (κ1) is 10.7. The van der Waals surface area contributed by atoms with Crippen LogP contribution in [0.4, 0.5) is 4.39 Å². The average Bonchev–Trinajstić information content (AvgIpc) is 2.64. The van der Waals surface area contributed by atoms with Crippen molar-refractivity contribution in [1.82, 2.24) is 10.1 Å². The largest absolute Gasteiger partial charge is 0.475 e. The second-order valence-electron chi connectivity index (χ2n) is 2.89. The maximum atomic E-state index is 13.0. The van der Waals surface area contributed by atoms with E-state index in [1.165, 1.54) is 12.1 Å². The van der Waals surface area contributed by atoms with Crippen LogP contribution in [0.15, 0.2) is 27.2 Å². The van der Waals surface area contributed by atoms with Gasteiger partial charge >= 0.3 is 5.97 Å². The predicted molar refractivity (Wildman–Crippen MR) is 54.4 cm³/mol. The van der Waals surface area contributed by atoms with Crippen LogP contribution in [0.25, 0.3) is 11.5 Å². The number of hydrogen-bond donors (Lipinski definition) is 1. The summed E-state index contributed by atoms with van der Waals surface area (Å²) in [7, 11) is 0. The summed E-state index contributed by atoms with van der Waals surface area (Å²) in [5, 5.41) is 11.8. The number of aromatic nitrogens is 2. The molecular weight excluding hydrogens is 283 g/mol. The first-order valence-electron chi connectivity index (χ1n) is 4.10. The Kier molecular flexibility index (Phi) is 2.69. The number of hydrogen-bond acceptors (Lipinski definition) is 4. The highest BCUT2D eigenvalue weighted by molar-refractivity contribution is 9.10. The fourth-order valence-electron chi connectivity index (χ4n) is 1.10. The topological polar surface area (TPSA) is 76.2 Å². The van der Waals surface area contributed by atoms with Crippen molar-refractivity contribution >= 4 is 21.9 Å². The summed E-state index contributed by atoms with van der Waals surface area (Å²) in [5.74, 6) is -2.29. The Labute approximate surface area is 97.0 Å². The van der Waals surface area contributed by atoms with E-state index in [0.717, 1.165) is 0 Å². The van der Waals surface area contributed by atoms with Gasteiger partial charge in [-0.15, -0.1) is 0 Å². The number of carboxylic acid groups (broad SMARTS) is 1. The van der Waals surface area contributed by atoms with Gasteiger partial charge in [-0.2, -0.15) is 4.98 Å². The zero-order valence-corrected chi connectivity index (χ0v) is 9.23. The lowest BCUT2D eigenvalue weighted by Crippen LogP contribution is -1.98. The number of carboxylic acids is 1. The minimum absolute atomic E-state index is 0.0439. The van der Waals surface area contributed by atoms with Gasteiger partial charge in [0.1, 0.15) is 5.82 Å². The van der Waals surface area contributed by atoms with E-state index in [1.807, 2.05) is 0 Å². The number of halogens is 2. The number of rotatable bonds is 2. The van der Waals surface area contributed by atoms with Crippen molar-refractivity contribution in [2.24, 2.45) is 0 Å². The summed E-state index contributed by atoms with van der Waals surface area (Å²) in [6, 6.07) is 3.98. The summed E-state index contributed by atoms with van der Waals surface area (Å²) in [5.41, 5.74) is 0.312. The Morgan fingerprint density at radius 1 is 1.44 bits per heavy atom. The van der Waals surface area contributed by atoms with Gasteiger partial charge in [-0.3, -0.25) is 0 Å². The molecule has 0 unspecified atom stereocenters. The zero-order valence-electron chi connectivity index (χ0n) is 7.65. The zero-order chi connectivity index (χ0) is 11.7. The average molecular weight is 287 g/mol. The number of benzene rings is 1. The van der Waals surface area contributed by atoms with Crippen molar-refractivity contribution in [3.05, 3.63) is 34.3 Å². The highest BCUT2D eigenvalue weighted by Crippen LogP contribution is 2.23. The highest BCUT2D eigenvalue weighted by Gasteiger charge is 2.15. The van der Waals surface area contributed by atoms with Crippen molar-refractivity contribution in [3.8, 4) is 11.5 Å². The Balaban J connectivity index is 2.46. The molecule has 0 aliphatic rings. The third kappa shape index (κ3) is 2.08. The molecule has 1 aromatic heterocycles. The molecule has 0 aliphatic heterocycles. The molecule has 7 heteroatoms. The van der Waals surface area contributed by atoms with E-state index in [0.29, 0.717) is 10.0 Å². The van der Waals surface area contributed by atoms with E-state index in [4.69, 9.17) is 9.63 Å². The van der Waals surface area contributed by atoms with Crippen molar-refractivity contribution in [3.63, 3.8) is 0 Å². The van der Waals surface area contributed by atoms with Crippen LogP contribution in [-0.2, 0) is 0 Å². The quantitative estimate of drug-likeness (QED) is 0.917. The summed E-state index contributed by atoms with van der Waals surface area (Å²) >= 11 is 3.10. The summed E-state index contributed by atoms with van der Waals surface area (Å²) in [4.78, 5) is 14.1. The van der Waals surface area contributed by atoms with Gasteiger partial charge in [0.2, 0.25) is 0 Å². The van der Waals surface area contributed by atoms with Crippen molar-refractivity contribution in [2.75, 3.05) is 0 Å². The second-order valence-corrected chi connectivity index (χ2v) is 3.80. The molecule has 0 radical (unpaired) electrons. The standard InChI is InChI=1S/C9H4BrFN2O3/c10-5-1-4(2-6(11)3-5)8-12-7(9(14)15)13-16-8/h1-3H,(H,14,15). The maximum Gasteiger partial charge on any atom is 0.377 e. The van der Waals surface area contributed by atoms with Gasteiger partial charge in [0, 0.05) is 10.0 Å². The van der Waals surface area contributed by atoms with Gasteiger partial charge in [0.25, 0.3) is 11.7 Å². The minimum atomic E-state index is -1.30. The van der Waals surface area contributed by atoms with Crippen LogP contribution in [-0.4, -0.2) is 21.2 Å². The molecule has 2 rings (SSSR count). The van der Waals surface area contributed by atoms with Gasteiger partial charge in [0.15, 0.2) is 0 Å². The summed E-state index contributed by atoms with van der Waals surface area (Å²) in [6.45, 7) is 0. The van der Waals surface area contributed by atoms with E-state index in [1.54, 1.807) is 6.07 Å². The van der Waals surface area contributed by atoms with Gasteiger partial charge < -0.3 is 9.63 Å². The Morgan fingerprint density at radius 3 is 2.75 bits per heavy atom. The van der Waals surface area contributed by atoms with E-state index < -0.39 is 17.6 Å². The van der Waals surface area contributed by atoms with E-state index in [-0.39, 0.29) is 5.89 Å². The Morgan fingerprint density at radius 2 is 2.19 bits per heavy atom. The van der Waals surface area contributed by atoms with Gasteiger partial charge in [-0.25, -0.2) is 9.18 Å². The van der Waals surface area contributed by atoms with Crippen LogP contribution in [0, 0.1) is 5.82 Å². The van der Waals surface area contributed by atoms with Crippen molar-refractivity contribution < 1.29 is 18.8 Å². The van der Waals surface area contributed by atoms with Crippen molar-refractivity contribution in [1.29, 1.82) is 0 Å². The lowest BCUT2D eigenvalue weighted by molar-refractivity contribution is 0.0680. The lowest BCUT2D eigenvalue weighted by atomic mass is 10.2. The van der Waals surface area contributed by atoms with Crippen LogP contribution >= 0.6 is 15.9 Å². The molecule has 0 aliphatic carbocycles. The molecule has 2 aromatic rings. The monoisotopic (exact) mass is 286 g/mol. The first-order chi connectivity index (χ1) is 7.56. The van der Waals surface area contributed by atoms with E-state index in [9.17, 15) is 9.18 Å². The van der Waals surface area contributed by atoms with Gasteiger partial charge in [-0.1, -0.05) is 15.9 Å². The Hall–Kier alpha value is -1.76. The second kappa shape index (κ2) is 4.01. The molecule has 0 saturated heterocycles. The molecule has 16 heavy (non-hydrogen) atoms. The predicted octanol–water partition coefficient (Wildman–Crippen LogP) is 2.34. The normalized spacial score (nSPS) is 10.4. The fraction of sp³-hybridized carbons (Fsp3) is 0. The third-order valence-corrected chi connectivity index (χ3v) is 2.18. The molecule has 0 fully saturated rings. The van der Waals surface area contributed by atoms with Crippen molar-refractivity contribution in [2.45, 2.75) is 0 Å². The van der Waals surface area contributed by atoms with Crippen LogP contribution in [0.3, 0.4) is 0 Å². The minimum Gasteiger partial charge on any atom is -0.475 e. The maximum absolute atomic E-state index is 13.0. The van der Waals surface area contributed by atoms with Gasteiger partial charge in [-0.05, 0) is 23.4 Å². The number of carbonyl (C=O) groups is 1. The molecule has 5 nitrogen and oxygen atoms in total. The van der Waals surface area contributed by atoms with Crippen LogP contribution in [0.2, 0.25) is 0 Å². The molecule has 0 saturated carbocycles. The molecule has 0 spiro atoms. The molecule has 0 atom stereocenters. The first-order valence-corrected chi connectivity index (χ1v) is 4.89. The molecule has 1 heterocycles. The number of nitrogens with zero attached hydrogens (tertiary/aromatic N) is 2. The van der Waals surface area contributed by atoms with Crippen LogP contribution in [0.1, 0.15) is 10.6 Å². The van der Waals surface area contributed by atoms with Crippen LogP contribution in [0.5, 0.6) is 0 Å². The lowest BCUT2D eigenvalue weighted by Gasteiger charge is -1.95. The highest BCUT2D eigenvalue weighted by atomic mass is 79.9. The summed E-state index contributed by atoms with van der Waals surface area (Å²) < 4.78 is 18.2. The molecule has 1 aromatic carbocycles. The number of aromatic carboxylic acids is 1. The summed E-state index contributed by atoms with van der Waals surface area (Å²) in [6.07, 6.45) is 0.